The molecule has 20 heavy (non-hydrogen) atoms. The average molecular weight is 269 g/mol. The third kappa shape index (κ3) is 2.05. The van der Waals surface area contributed by atoms with Crippen LogP contribution in [0.3, 0.4) is 0 Å². The number of aromatic nitrogens is 5. The molecule has 0 spiro atoms. The van der Waals surface area contributed by atoms with Gasteiger partial charge in [0.05, 0.1) is 12.4 Å². The molecule has 0 radical (unpaired) electrons. The largest absolute Gasteiger partial charge is 0.475 e. The zero-order chi connectivity index (χ0) is 14.1. The van der Waals surface area contributed by atoms with Gasteiger partial charge in [-0.25, -0.2) is 14.5 Å². The molecular weight excluding hydrogens is 258 g/mol. The summed E-state index contributed by atoms with van der Waals surface area (Å²) in [6.45, 7) is 0. The third-order valence-corrected chi connectivity index (χ3v) is 2.77. The Morgan fingerprint density at radius 1 is 1.25 bits per heavy atom. The number of hydrogen-bond acceptors (Lipinski definition) is 4. The van der Waals surface area contributed by atoms with Crippen molar-refractivity contribution >= 4 is 5.97 Å². The molecule has 7 heteroatoms. The number of benzene rings is 1. The highest BCUT2D eigenvalue weighted by atomic mass is 16.4. The van der Waals surface area contributed by atoms with Crippen molar-refractivity contribution in [2.45, 2.75) is 0 Å². The van der Waals surface area contributed by atoms with Gasteiger partial charge in [0.25, 0.3) is 5.82 Å². The highest BCUT2D eigenvalue weighted by Gasteiger charge is 2.18. The molecule has 0 aliphatic carbocycles. The number of carboxylic acids is 1. The summed E-state index contributed by atoms with van der Waals surface area (Å²) in [4.78, 5) is 15.2. The van der Waals surface area contributed by atoms with Crippen LogP contribution in [-0.4, -0.2) is 35.6 Å². The summed E-state index contributed by atoms with van der Waals surface area (Å²) in [7, 11) is 1.78. The minimum absolute atomic E-state index is 0.243. The van der Waals surface area contributed by atoms with Crippen LogP contribution in [0, 0.1) is 0 Å². The number of carboxylic acid groups (broad SMARTS) is 1. The van der Waals surface area contributed by atoms with Crippen LogP contribution < -0.4 is 0 Å². The molecule has 3 aromatic rings. The predicted octanol–water partition coefficient (Wildman–Crippen LogP) is 1.37. The number of rotatable bonds is 3. The smallest absolute Gasteiger partial charge is 0.375 e. The topological polar surface area (TPSA) is 85.8 Å². The number of carbonyl (C=O) groups is 1. The van der Waals surface area contributed by atoms with Crippen LogP contribution >= 0.6 is 0 Å². The molecular formula is C13H11N5O2. The van der Waals surface area contributed by atoms with Crippen LogP contribution in [0.25, 0.3) is 17.1 Å². The lowest BCUT2D eigenvalue weighted by Gasteiger charge is -2.02. The van der Waals surface area contributed by atoms with Gasteiger partial charge in [-0.15, -0.1) is 5.10 Å². The van der Waals surface area contributed by atoms with Crippen molar-refractivity contribution in [2.75, 3.05) is 0 Å². The van der Waals surface area contributed by atoms with E-state index >= 15 is 0 Å². The van der Waals surface area contributed by atoms with Crippen molar-refractivity contribution in [1.29, 1.82) is 0 Å². The molecule has 0 saturated heterocycles. The maximum atomic E-state index is 11.1. The molecule has 1 aromatic carbocycles. The molecule has 0 fully saturated rings. The molecule has 0 aliphatic heterocycles. The lowest BCUT2D eigenvalue weighted by Crippen LogP contribution is -2.01. The van der Waals surface area contributed by atoms with Crippen LogP contribution in [-0.2, 0) is 7.05 Å². The van der Waals surface area contributed by atoms with Crippen molar-refractivity contribution in [1.82, 2.24) is 24.5 Å². The van der Waals surface area contributed by atoms with Crippen LogP contribution in [0.4, 0.5) is 0 Å². The van der Waals surface area contributed by atoms with E-state index in [1.165, 1.54) is 4.68 Å². The zero-order valence-electron chi connectivity index (χ0n) is 10.6. The normalized spacial score (nSPS) is 10.7. The first kappa shape index (κ1) is 12.1. The molecule has 0 bridgehead atoms. The first-order chi connectivity index (χ1) is 9.65. The van der Waals surface area contributed by atoms with Gasteiger partial charge in [0.2, 0.25) is 0 Å². The Morgan fingerprint density at radius 3 is 2.60 bits per heavy atom. The molecule has 7 nitrogen and oxygen atoms in total. The van der Waals surface area contributed by atoms with E-state index in [1.807, 2.05) is 30.3 Å². The summed E-state index contributed by atoms with van der Waals surface area (Å²) in [5, 5.41) is 17.1. The molecule has 0 unspecified atom stereocenters. The maximum absolute atomic E-state index is 11.1. The second-order valence-electron chi connectivity index (χ2n) is 4.21. The van der Waals surface area contributed by atoms with Crippen molar-refractivity contribution in [3.05, 3.63) is 48.5 Å². The van der Waals surface area contributed by atoms with Gasteiger partial charge in [0.1, 0.15) is 5.69 Å². The first-order valence-corrected chi connectivity index (χ1v) is 5.90. The fourth-order valence-electron chi connectivity index (χ4n) is 1.87. The van der Waals surface area contributed by atoms with Gasteiger partial charge in [-0.05, 0) is 0 Å². The SMILES string of the molecule is Cn1cc(-n2nc(C(=O)O)nc2-c2ccccc2)cn1. The van der Waals surface area contributed by atoms with Gasteiger partial charge in [0, 0.05) is 12.6 Å². The van der Waals surface area contributed by atoms with Gasteiger partial charge >= 0.3 is 5.97 Å². The summed E-state index contributed by atoms with van der Waals surface area (Å²) < 4.78 is 3.10. The molecule has 0 saturated carbocycles. The van der Waals surface area contributed by atoms with Crippen LogP contribution in [0.2, 0.25) is 0 Å². The standard InChI is InChI=1S/C13H11N5O2/c1-17-8-10(7-14-17)18-12(9-5-3-2-4-6-9)15-11(16-18)13(19)20/h2-8H,1H3,(H,19,20). The highest BCUT2D eigenvalue weighted by molar-refractivity contribution is 5.84. The number of nitrogens with zero attached hydrogens (tertiary/aromatic N) is 5. The fourth-order valence-corrected chi connectivity index (χ4v) is 1.87. The van der Waals surface area contributed by atoms with E-state index in [0.717, 1.165) is 5.56 Å². The Bertz CT molecular complexity index is 760. The lowest BCUT2D eigenvalue weighted by atomic mass is 10.2. The van der Waals surface area contributed by atoms with Gasteiger partial charge in [0.15, 0.2) is 5.82 Å². The molecule has 0 atom stereocenters. The minimum atomic E-state index is -1.16. The summed E-state index contributed by atoms with van der Waals surface area (Å²) in [6, 6.07) is 9.30. The van der Waals surface area contributed by atoms with Gasteiger partial charge in [-0.2, -0.15) is 5.10 Å². The van der Waals surface area contributed by atoms with E-state index in [0.29, 0.717) is 11.5 Å². The van der Waals surface area contributed by atoms with E-state index < -0.39 is 5.97 Å². The Kier molecular flexibility index (Phi) is 2.79. The molecule has 0 amide bonds. The van der Waals surface area contributed by atoms with E-state index in [9.17, 15) is 4.79 Å². The van der Waals surface area contributed by atoms with Crippen LogP contribution in [0.1, 0.15) is 10.6 Å². The van der Waals surface area contributed by atoms with Crippen molar-refractivity contribution in [2.24, 2.45) is 7.05 Å². The third-order valence-electron chi connectivity index (χ3n) is 2.77. The zero-order valence-corrected chi connectivity index (χ0v) is 10.6. The van der Waals surface area contributed by atoms with Gasteiger partial charge in [-0.3, -0.25) is 4.68 Å². The van der Waals surface area contributed by atoms with Gasteiger partial charge in [-0.1, -0.05) is 30.3 Å². The fraction of sp³-hybridized carbons (Fsp3) is 0.0769. The average Bonchev–Trinajstić information content (AvgIpc) is 3.05. The lowest BCUT2D eigenvalue weighted by molar-refractivity contribution is 0.0683. The maximum Gasteiger partial charge on any atom is 0.375 e. The quantitative estimate of drug-likeness (QED) is 0.776. The summed E-state index contributed by atoms with van der Waals surface area (Å²) in [6.07, 6.45) is 3.35. The number of aryl methyl sites for hydroxylation is 1. The number of aromatic carboxylic acids is 1. The van der Waals surface area contributed by atoms with E-state index in [2.05, 4.69) is 15.2 Å². The summed E-state index contributed by atoms with van der Waals surface area (Å²) in [5.74, 6) is -0.937. The molecule has 2 heterocycles. The first-order valence-electron chi connectivity index (χ1n) is 5.90. The van der Waals surface area contributed by atoms with Gasteiger partial charge < -0.3 is 5.11 Å². The molecule has 100 valence electrons. The second-order valence-corrected chi connectivity index (χ2v) is 4.21. The Balaban J connectivity index is 2.20. The summed E-state index contributed by atoms with van der Waals surface area (Å²) >= 11 is 0. The highest BCUT2D eigenvalue weighted by Crippen LogP contribution is 2.20. The van der Waals surface area contributed by atoms with Crippen LogP contribution in [0.5, 0.6) is 0 Å². The molecule has 3 rings (SSSR count). The second kappa shape index (κ2) is 4.61. The number of hydrogen-bond donors (Lipinski definition) is 1. The summed E-state index contributed by atoms with van der Waals surface area (Å²) in [5.41, 5.74) is 1.45. The molecule has 0 aliphatic rings. The van der Waals surface area contributed by atoms with Crippen molar-refractivity contribution < 1.29 is 9.90 Å². The Hall–Kier alpha value is -2.96. The van der Waals surface area contributed by atoms with E-state index in [-0.39, 0.29) is 5.82 Å². The Morgan fingerprint density at radius 2 is 2.00 bits per heavy atom. The van der Waals surface area contributed by atoms with Crippen molar-refractivity contribution in [3.63, 3.8) is 0 Å². The Labute approximate surface area is 114 Å². The van der Waals surface area contributed by atoms with E-state index in [4.69, 9.17) is 5.11 Å². The van der Waals surface area contributed by atoms with E-state index in [1.54, 1.807) is 24.1 Å². The monoisotopic (exact) mass is 269 g/mol. The van der Waals surface area contributed by atoms with Crippen molar-refractivity contribution in [3.8, 4) is 17.1 Å². The molecule has 2 aromatic heterocycles. The minimum Gasteiger partial charge on any atom is -0.475 e. The molecule has 1 N–H and O–H groups in total. The predicted molar refractivity (Wildman–Crippen MR) is 70.5 cm³/mol. The van der Waals surface area contributed by atoms with Crippen LogP contribution in [0.15, 0.2) is 42.7 Å².